The van der Waals surface area contributed by atoms with Gasteiger partial charge in [-0.2, -0.15) is 0 Å². The van der Waals surface area contributed by atoms with Crippen LogP contribution in [-0.2, 0) is 0 Å². The van der Waals surface area contributed by atoms with Gasteiger partial charge in [0.25, 0.3) is 11.5 Å². The van der Waals surface area contributed by atoms with E-state index in [4.69, 9.17) is 4.74 Å². The molecule has 7 nitrogen and oxygen atoms in total. The molecule has 2 heterocycles. The van der Waals surface area contributed by atoms with Crippen molar-refractivity contribution in [2.75, 3.05) is 26.7 Å². The van der Waals surface area contributed by atoms with Crippen molar-refractivity contribution in [1.29, 1.82) is 0 Å². The Bertz CT molecular complexity index is 741. The van der Waals surface area contributed by atoms with Crippen LogP contribution in [0.3, 0.4) is 0 Å². The highest BCUT2D eigenvalue weighted by Crippen LogP contribution is 2.25. The molecule has 2 aromatic rings. The molecule has 7 heteroatoms. The second-order valence-electron chi connectivity index (χ2n) is 5.29. The van der Waals surface area contributed by atoms with Crippen LogP contribution in [0.2, 0.25) is 0 Å². The Morgan fingerprint density at radius 3 is 2.83 bits per heavy atom. The molecule has 1 aromatic carbocycles. The number of rotatable bonds is 3. The average molecular weight is 314 g/mol. The molecule has 3 rings (SSSR count). The summed E-state index contributed by atoms with van der Waals surface area (Å²) in [6.07, 6.45) is 2.59. The van der Waals surface area contributed by atoms with Gasteiger partial charge in [0, 0.05) is 25.8 Å². The molecule has 120 valence electrons. The summed E-state index contributed by atoms with van der Waals surface area (Å²) in [4.78, 5) is 32.6. The first-order valence-electron chi connectivity index (χ1n) is 7.39. The summed E-state index contributed by atoms with van der Waals surface area (Å²) in [6, 6.07) is 7.46. The van der Waals surface area contributed by atoms with Crippen LogP contribution in [0.5, 0.6) is 5.75 Å². The third kappa shape index (κ3) is 3.09. The van der Waals surface area contributed by atoms with Crippen molar-refractivity contribution in [1.82, 2.24) is 20.2 Å². The standard InChI is InChI=1S/C16H18N4O3/c1-23-12-4-2-11(3-5-12)14-9-17-6-7-20(14)16(22)13-8-18-10-19-15(13)21/h2-5,8,10,14,17H,6-7,9H2,1H3,(H,18,19,21)/t14-/m0/s1. The second kappa shape index (κ2) is 6.62. The molecular weight excluding hydrogens is 296 g/mol. The number of hydrogen-bond acceptors (Lipinski definition) is 5. The summed E-state index contributed by atoms with van der Waals surface area (Å²) >= 11 is 0. The largest absolute Gasteiger partial charge is 0.497 e. The smallest absolute Gasteiger partial charge is 0.263 e. The first-order chi connectivity index (χ1) is 11.2. The molecule has 0 bridgehead atoms. The molecule has 1 aromatic heterocycles. The number of aromatic nitrogens is 2. The molecule has 2 N–H and O–H groups in total. The zero-order valence-corrected chi connectivity index (χ0v) is 12.8. The van der Waals surface area contributed by atoms with E-state index in [1.807, 2.05) is 24.3 Å². The SMILES string of the molecule is COc1ccc([C@@H]2CNCCN2C(=O)c2cnc[nH]c2=O)cc1. The molecule has 0 radical (unpaired) electrons. The number of nitrogens with zero attached hydrogens (tertiary/aromatic N) is 2. The number of nitrogens with one attached hydrogen (secondary N) is 2. The lowest BCUT2D eigenvalue weighted by atomic mass is 10.0. The number of H-pyrrole nitrogens is 1. The summed E-state index contributed by atoms with van der Waals surface area (Å²) in [7, 11) is 1.61. The number of ether oxygens (including phenoxy) is 1. The van der Waals surface area contributed by atoms with Crippen LogP contribution in [0, 0.1) is 0 Å². The van der Waals surface area contributed by atoms with Crippen LogP contribution in [0.1, 0.15) is 22.0 Å². The average Bonchev–Trinajstić information content (AvgIpc) is 2.62. The number of carbonyl (C=O) groups is 1. The molecular formula is C16H18N4O3. The number of carbonyl (C=O) groups excluding carboxylic acids is 1. The molecule has 0 saturated carbocycles. The van der Waals surface area contributed by atoms with Gasteiger partial charge in [0.15, 0.2) is 0 Å². The minimum absolute atomic E-state index is 0.0629. The van der Waals surface area contributed by atoms with Crippen LogP contribution in [0.15, 0.2) is 41.6 Å². The summed E-state index contributed by atoms with van der Waals surface area (Å²) in [6.45, 7) is 1.86. The Morgan fingerprint density at radius 2 is 2.13 bits per heavy atom. The fourth-order valence-corrected chi connectivity index (χ4v) is 2.72. The molecule has 0 aliphatic carbocycles. The van der Waals surface area contributed by atoms with E-state index in [1.54, 1.807) is 12.0 Å². The molecule has 0 unspecified atom stereocenters. The number of amides is 1. The zero-order chi connectivity index (χ0) is 16.2. The highest BCUT2D eigenvalue weighted by molar-refractivity contribution is 5.93. The van der Waals surface area contributed by atoms with Crippen molar-refractivity contribution in [2.24, 2.45) is 0 Å². The van der Waals surface area contributed by atoms with Gasteiger partial charge < -0.3 is 19.9 Å². The Labute approximate surface area is 133 Å². The number of piperazine rings is 1. The Kier molecular flexibility index (Phi) is 4.38. The van der Waals surface area contributed by atoms with Crippen LogP contribution in [0.4, 0.5) is 0 Å². The lowest BCUT2D eigenvalue weighted by Crippen LogP contribution is -2.49. The topological polar surface area (TPSA) is 87.3 Å². The van der Waals surface area contributed by atoms with Crippen molar-refractivity contribution in [3.8, 4) is 5.75 Å². The minimum atomic E-state index is -0.419. The Balaban J connectivity index is 1.90. The molecule has 1 aliphatic heterocycles. The van der Waals surface area contributed by atoms with Gasteiger partial charge in [-0.25, -0.2) is 4.98 Å². The lowest BCUT2D eigenvalue weighted by Gasteiger charge is -2.36. The van der Waals surface area contributed by atoms with Crippen LogP contribution in [-0.4, -0.2) is 47.5 Å². The molecule has 23 heavy (non-hydrogen) atoms. The number of aromatic amines is 1. The number of hydrogen-bond donors (Lipinski definition) is 2. The van der Waals surface area contributed by atoms with E-state index in [0.717, 1.165) is 11.3 Å². The van der Waals surface area contributed by atoms with Crippen molar-refractivity contribution < 1.29 is 9.53 Å². The summed E-state index contributed by atoms with van der Waals surface area (Å²) < 4.78 is 5.17. The van der Waals surface area contributed by atoms with Gasteiger partial charge in [0.05, 0.1) is 19.5 Å². The van der Waals surface area contributed by atoms with Gasteiger partial charge in [0.1, 0.15) is 11.3 Å². The highest BCUT2D eigenvalue weighted by atomic mass is 16.5. The monoisotopic (exact) mass is 314 g/mol. The number of benzene rings is 1. The summed E-state index contributed by atoms with van der Waals surface area (Å²) in [5.41, 5.74) is 0.636. The molecule has 1 amide bonds. The van der Waals surface area contributed by atoms with Crippen molar-refractivity contribution in [2.45, 2.75) is 6.04 Å². The highest BCUT2D eigenvalue weighted by Gasteiger charge is 2.29. The maximum Gasteiger partial charge on any atom is 0.263 e. The fourth-order valence-electron chi connectivity index (χ4n) is 2.72. The maximum atomic E-state index is 12.7. The third-order valence-corrected chi connectivity index (χ3v) is 3.95. The fraction of sp³-hybridized carbons (Fsp3) is 0.312. The summed E-state index contributed by atoms with van der Waals surface area (Å²) in [5.74, 6) is 0.459. The van der Waals surface area contributed by atoms with Crippen molar-refractivity contribution >= 4 is 5.91 Å². The normalized spacial score (nSPS) is 17.8. The molecule has 1 fully saturated rings. The second-order valence-corrected chi connectivity index (χ2v) is 5.29. The molecule has 1 saturated heterocycles. The van der Waals surface area contributed by atoms with E-state index in [9.17, 15) is 9.59 Å². The predicted molar refractivity (Wildman–Crippen MR) is 84.5 cm³/mol. The zero-order valence-electron chi connectivity index (χ0n) is 12.8. The van der Waals surface area contributed by atoms with E-state index in [2.05, 4.69) is 15.3 Å². The van der Waals surface area contributed by atoms with Gasteiger partial charge in [-0.1, -0.05) is 12.1 Å². The first kappa shape index (κ1) is 15.2. The van der Waals surface area contributed by atoms with Crippen LogP contribution in [0.25, 0.3) is 0 Å². The Morgan fingerprint density at radius 1 is 1.35 bits per heavy atom. The van der Waals surface area contributed by atoms with Gasteiger partial charge >= 0.3 is 0 Å². The third-order valence-electron chi connectivity index (χ3n) is 3.95. The van der Waals surface area contributed by atoms with Gasteiger partial charge in [0.2, 0.25) is 0 Å². The summed E-state index contributed by atoms with van der Waals surface area (Å²) in [5, 5.41) is 3.29. The lowest BCUT2D eigenvalue weighted by molar-refractivity contribution is 0.0632. The number of methoxy groups -OCH3 is 1. The minimum Gasteiger partial charge on any atom is -0.497 e. The van der Waals surface area contributed by atoms with E-state index in [1.165, 1.54) is 12.5 Å². The first-order valence-corrected chi connectivity index (χ1v) is 7.39. The van der Waals surface area contributed by atoms with E-state index >= 15 is 0 Å². The van der Waals surface area contributed by atoms with Crippen molar-refractivity contribution in [3.05, 3.63) is 58.3 Å². The maximum absolute atomic E-state index is 12.7. The molecule has 1 aliphatic rings. The van der Waals surface area contributed by atoms with Gasteiger partial charge in [-0.3, -0.25) is 9.59 Å². The Hall–Kier alpha value is -2.67. The van der Waals surface area contributed by atoms with Gasteiger partial charge in [-0.15, -0.1) is 0 Å². The van der Waals surface area contributed by atoms with Crippen LogP contribution < -0.4 is 15.6 Å². The van der Waals surface area contributed by atoms with E-state index in [0.29, 0.717) is 19.6 Å². The molecule has 1 atom stereocenters. The molecule has 0 spiro atoms. The van der Waals surface area contributed by atoms with Gasteiger partial charge in [-0.05, 0) is 17.7 Å². The quantitative estimate of drug-likeness (QED) is 0.864. The van der Waals surface area contributed by atoms with Crippen molar-refractivity contribution in [3.63, 3.8) is 0 Å². The predicted octanol–water partition coefficient (Wildman–Crippen LogP) is 0.565. The van der Waals surface area contributed by atoms with E-state index < -0.39 is 5.56 Å². The van der Waals surface area contributed by atoms with E-state index in [-0.39, 0.29) is 17.5 Å². The van der Waals surface area contributed by atoms with Crippen LogP contribution >= 0.6 is 0 Å².